The molecule has 0 aliphatic carbocycles. The molecule has 1 saturated heterocycles. The molecule has 2 heterocycles. The van der Waals surface area contributed by atoms with E-state index in [-0.39, 0.29) is 18.1 Å². The lowest BCUT2D eigenvalue weighted by Crippen LogP contribution is -2.46. The predicted molar refractivity (Wildman–Crippen MR) is 74.1 cm³/mol. The minimum Gasteiger partial charge on any atom is -0.478 e. The molecule has 2 rings (SSSR count). The van der Waals surface area contributed by atoms with Gasteiger partial charge in [-0.3, -0.25) is 0 Å². The van der Waals surface area contributed by atoms with Crippen LogP contribution in [0.25, 0.3) is 0 Å². The maximum absolute atomic E-state index is 11.4. The number of carbonyl (C=O) groups is 1. The molecular formula is C14H20N2O4. The van der Waals surface area contributed by atoms with Crippen molar-refractivity contribution < 1.29 is 20.1 Å². The van der Waals surface area contributed by atoms with Gasteiger partial charge in [-0.1, -0.05) is 0 Å². The van der Waals surface area contributed by atoms with E-state index in [0.717, 1.165) is 5.69 Å². The van der Waals surface area contributed by atoms with Gasteiger partial charge >= 0.3 is 5.97 Å². The van der Waals surface area contributed by atoms with E-state index in [4.69, 9.17) is 5.11 Å². The molecule has 6 heteroatoms. The van der Waals surface area contributed by atoms with Crippen molar-refractivity contribution in [1.29, 1.82) is 0 Å². The van der Waals surface area contributed by atoms with Crippen LogP contribution in [0.1, 0.15) is 28.0 Å². The second-order valence-electron chi connectivity index (χ2n) is 5.33. The van der Waals surface area contributed by atoms with Crippen molar-refractivity contribution in [3.63, 3.8) is 0 Å². The Bertz CT molecular complexity index is 518. The number of piperidine rings is 1. The van der Waals surface area contributed by atoms with E-state index in [9.17, 15) is 15.0 Å². The number of rotatable bonds is 3. The molecule has 1 aromatic rings. The van der Waals surface area contributed by atoms with Crippen molar-refractivity contribution in [2.75, 3.05) is 24.6 Å². The van der Waals surface area contributed by atoms with Crippen LogP contribution in [0.2, 0.25) is 0 Å². The topological polar surface area (TPSA) is 93.9 Å². The van der Waals surface area contributed by atoms with E-state index < -0.39 is 12.1 Å². The highest BCUT2D eigenvalue weighted by Crippen LogP contribution is 2.27. The molecule has 0 unspecified atom stereocenters. The molecule has 3 N–H and O–H groups in total. The molecule has 2 atom stereocenters. The summed E-state index contributed by atoms with van der Waals surface area (Å²) in [6, 6.07) is 1.74. The molecular weight excluding hydrogens is 260 g/mol. The largest absolute Gasteiger partial charge is 0.478 e. The van der Waals surface area contributed by atoms with Crippen LogP contribution >= 0.6 is 0 Å². The molecule has 20 heavy (non-hydrogen) atoms. The number of aromatic nitrogens is 1. The maximum Gasteiger partial charge on any atom is 0.339 e. The number of aryl methyl sites for hydroxylation is 2. The van der Waals surface area contributed by atoms with Gasteiger partial charge in [0.1, 0.15) is 11.4 Å². The van der Waals surface area contributed by atoms with Gasteiger partial charge in [0.2, 0.25) is 0 Å². The van der Waals surface area contributed by atoms with Gasteiger partial charge in [0, 0.05) is 31.3 Å². The van der Waals surface area contributed by atoms with E-state index >= 15 is 0 Å². The third kappa shape index (κ3) is 2.76. The first-order valence-electron chi connectivity index (χ1n) is 6.69. The minimum absolute atomic E-state index is 0.0545. The molecule has 0 saturated carbocycles. The summed E-state index contributed by atoms with van der Waals surface area (Å²) in [6.07, 6.45) is -0.0520. The molecule has 1 aliphatic rings. The molecule has 1 fully saturated rings. The zero-order valence-corrected chi connectivity index (χ0v) is 11.7. The minimum atomic E-state index is -1.01. The third-order valence-corrected chi connectivity index (χ3v) is 3.79. The van der Waals surface area contributed by atoms with Crippen molar-refractivity contribution in [1.82, 2.24) is 4.98 Å². The van der Waals surface area contributed by atoms with Crippen LogP contribution in [0.4, 0.5) is 5.82 Å². The van der Waals surface area contributed by atoms with Crippen LogP contribution in [0.5, 0.6) is 0 Å². The van der Waals surface area contributed by atoms with Gasteiger partial charge in [-0.25, -0.2) is 9.78 Å². The Labute approximate surface area is 117 Å². The molecule has 0 amide bonds. The van der Waals surface area contributed by atoms with Crippen molar-refractivity contribution in [2.45, 2.75) is 26.4 Å². The third-order valence-electron chi connectivity index (χ3n) is 3.79. The Morgan fingerprint density at radius 3 is 2.75 bits per heavy atom. The Balaban J connectivity index is 2.35. The van der Waals surface area contributed by atoms with Crippen LogP contribution in [0, 0.1) is 19.8 Å². The number of hydrogen-bond donors (Lipinski definition) is 3. The number of anilines is 1. The highest BCUT2D eigenvalue weighted by Gasteiger charge is 2.30. The highest BCUT2D eigenvalue weighted by molar-refractivity contribution is 5.95. The molecule has 6 nitrogen and oxygen atoms in total. The fourth-order valence-electron chi connectivity index (χ4n) is 2.70. The molecule has 0 spiro atoms. The lowest BCUT2D eigenvalue weighted by atomic mass is 9.94. The molecule has 1 aromatic heterocycles. The van der Waals surface area contributed by atoms with Crippen molar-refractivity contribution in [2.24, 2.45) is 5.92 Å². The zero-order chi connectivity index (χ0) is 14.9. The second kappa shape index (κ2) is 5.76. The van der Waals surface area contributed by atoms with Crippen LogP contribution in [-0.2, 0) is 0 Å². The van der Waals surface area contributed by atoms with Gasteiger partial charge in [0.15, 0.2) is 0 Å². The van der Waals surface area contributed by atoms with Gasteiger partial charge < -0.3 is 20.2 Å². The Morgan fingerprint density at radius 1 is 1.50 bits per heavy atom. The van der Waals surface area contributed by atoms with Crippen LogP contribution < -0.4 is 4.90 Å². The van der Waals surface area contributed by atoms with Gasteiger partial charge in [-0.05, 0) is 31.9 Å². The summed E-state index contributed by atoms with van der Waals surface area (Å²) in [4.78, 5) is 17.6. The number of hydrogen-bond acceptors (Lipinski definition) is 5. The van der Waals surface area contributed by atoms with E-state index in [1.165, 1.54) is 0 Å². The lowest BCUT2D eigenvalue weighted by Gasteiger charge is -2.36. The molecule has 110 valence electrons. The predicted octanol–water partition coefficient (Wildman–Crippen LogP) is 0.576. The average Bonchev–Trinajstić information content (AvgIpc) is 2.37. The Morgan fingerprint density at radius 2 is 2.20 bits per heavy atom. The normalized spacial score (nSPS) is 22.9. The summed E-state index contributed by atoms with van der Waals surface area (Å²) in [5.41, 5.74) is 1.60. The Kier molecular flexibility index (Phi) is 4.25. The first-order chi connectivity index (χ1) is 9.43. The van der Waals surface area contributed by atoms with Gasteiger partial charge in [-0.2, -0.15) is 0 Å². The SMILES string of the molecule is Cc1cc(C)c(C(=O)O)c(N2CC[C@H](CO)[C@H](O)C2)n1. The molecule has 0 aromatic carbocycles. The van der Waals surface area contributed by atoms with E-state index in [0.29, 0.717) is 30.9 Å². The molecule has 1 aliphatic heterocycles. The standard InChI is InChI=1S/C14H20N2O4/c1-8-5-9(2)15-13(12(8)14(19)20)16-4-3-10(7-17)11(18)6-16/h5,10-11,17-18H,3-4,6-7H2,1-2H3,(H,19,20)/t10-,11-/m1/s1. The van der Waals surface area contributed by atoms with Crippen molar-refractivity contribution >= 4 is 11.8 Å². The fraction of sp³-hybridized carbons (Fsp3) is 0.571. The number of β-amino-alcohol motifs (C(OH)–C–C–N with tert-alkyl or cyclic N) is 1. The number of carboxylic acid groups (broad SMARTS) is 1. The molecule has 0 bridgehead atoms. The lowest BCUT2D eigenvalue weighted by molar-refractivity contribution is 0.0541. The van der Waals surface area contributed by atoms with Gasteiger partial charge in [0.25, 0.3) is 0 Å². The average molecular weight is 280 g/mol. The smallest absolute Gasteiger partial charge is 0.339 e. The maximum atomic E-state index is 11.4. The number of pyridine rings is 1. The van der Waals surface area contributed by atoms with E-state index in [1.807, 2.05) is 6.92 Å². The number of aliphatic hydroxyl groups excluding tert-OH is 2. The highest BCUT2D eigenvalue weighted by atomic mass is 16.4. The number of aromatic carboxylic acids is 1. The quantitative estimate of drug-likeness (QED) is 0.749. The number of carboxylic acids is 1. The van der Waals surface area contributed by atoms with Crippen molar-refractivity contribution in [3.05, 3.63) is 22.9 Å². The summed E-state index contributed by atoms with van der Waals surface area (Å²) >= 11 is 0. The number of nitrogens with zero attached hydrogens (tertiary/aromatic N) is 2. The summed E-state index contributed by atoms with van der Waals surface area (Å²) in [5.74, 6) is -0.750. The number of aliphatic hydroxyl groups is 2. The Hall–Kier alpha value is -1.66. The summed E-state index contributed by atoms with van der Waals surface area (Å²) in [7, 11) is 0. The van der Waals surface area contributed by atoms with E-state index in [2.05, 4.69) is 4.98 Å². The van der Waals surface area contributed by atoms with Gasteiger partial charge in [-0.15, -0.1) is 0 Å². The monoisotopic (exact) mass is 280 g/mol. The second-order valence-corrected chi connectivity index (χ2v) is 5.33. The summed E-state index contributed by atoms with van der Waals surface area (Å²) in [5, 5.41) is 28.5. The van der Waals surface area contributed by atoms with Gasteiger partial charge in [0.05, 0.1) is 6.10 Å². The van der Waals surface area contributed by atoms with Crippen LogP contribution in [0.3, 0.4) is 0 Å². The first kappa shape index (κ1) is 14.7. The summed E-state index contributed by atoms with van der Waals surface area (Å²) in [6.45, 7) is 4.39. The van der Waals surface area contributed by atoms with E-state index in [1.54, 1.807) is 17.9 Å². The summed E-state index contributed by atoms with van der Waals surface area (Å²) < 4.78 is 0. The van der Waals surface area contributed by atoms with Crippen molar-refractivity contribution in [3.8, 4) is 0 Å². The first-order valence-corrected chi connectivity index (χ1v) is 6.69. The fourth-order valence-corrected chi connectivity index (χ4v) is 2.70. The molecule has 0 radical (unpaired) electrons. The van der Waals surface area contributed by atoms with Crippen LogP contribution in [0.15, 0.2) is 6.07 Å². The van der Waals surface area contributed by atoms with Crippen LogP contribution in [-0.4, -0.2) is 52.1 Å². The zero-order valence-electron chi connectivity index (χ0n) is 11.7.